The zero-order chi connectivity index (χ0) is 26.3. The number of unbranched alkanes of at least 4 members (excludes halogenated alkanes) is 9. The molecule has 1 aliphatic heterocycles. The smallest absolute Gasteiger partial charge is 0.0975 e. The van der Waals surface area contributed by atoms with Crippen LogP contribution in [0.5, 0.6) is 0 Å². The summed E-state index contributed by atoms with van der Waals surface area (Å²) in [5, 5.41) is 0. The lowest BCUT2D eigenvalue weighted by Gasteiger charge is -2.21. The molecule has 1 unspecified atom stereocenters. The molecule has 3 atom stereocenters. The lowest BCUT2D eigenvalue weighted by molar-refractivity contribution is -0.0500. The molecule has 1 saturated heterocycles. The van der Waals surface area contributed by atoms with Crippen molar-refractivity contribution in [2.24, 2.45) is 11.8 Å². The van der Waals surface area contributed by atoms with E-state index in [4.69, 9.17) is 9.47 Å². The van der Waals surface area contributed by atoms with Crippen molar-refractivity contribution in [3.8, 4) is 0 Å². The van der Waals surface area contributed by atoms with E-state index < -0.39 is 0 Å². The van der Waals surface area contributed by atoms with Crippen molar-refractivity contribution in [3.05, 3.63) is 24.3 Å². The Morgan fingerprint density at radius 1 is 0.667 bits per heavy atom. The fourth-order valence-corrected chi connectivity index (χ4v) is 5.01. The van der Waals surface area contributed by atoms with Crippen LogP contribution >= 0.6 is 0 Å². The molecule has 1 fully saturated rings. The maximum atomic E-state index is 6.29. The molecule has 1 aliphatic rings. The largest absolute Gasteiger partial charge is 0.374 e. The number of hydrogen-bond acceptors (Lipinski definition) is 3. The van der Waals surface area contributed by atoms with Crippen LogP contribution in [0.2, 0.25) is 0 Å². The van der Waals surface area contributed by atoms with E-state index in [0.717, 1.165) is 44.6 Å². The van der Waals surface area contributed by atoms with Gasteiger partial charge < -0.3 is 14.4 Å². The topological polar surface area (TPSA) is 21.7 Å². The number of ether oxygens (including phenoxy) is 2. The average molecular weight is 506 g/mol. The van der Waals surface area contributed by atoms with Crippen molar-refractivity contribution in [2.45, 2.75) is 143 Å². The van der Waals surface area contributed by atoms with Gasteiger partial charge in [0, 0.05) is 26.3 Å². The van der Waals surface area contributed by atoms with E-state index in [2.05, 4.69) is 63.9 Å². The van der Waals surface area contributed by atoms with Crippen molar-refractivity contribution < 1.29 is 9.47 Å². The molecular weight excluding hydrogens is 442 g/mol. The quantitative estimate of drug-likeness (QED) is 0.0963. The number of likely N-dealkylation sites (N-methyl/N-ethyl adjacent to an activating group) is 1. The summed E-state index contributed by atoms with van der Waals surface area (Å²) in [5.41, 5.74) is 0. The van der Waals surface area contributed by atoms with Crippen LogP contribution in [0, 0.1) is 11.8 Å². The first-order chi connectivity index (χ1) is 17.5. The molecule has 0 saturated carbocycles. The molecule has 3 heteroatoms. The van der Waals surface area contributed by atoms with Gasteiger partial charge in [0.05, 0.1) is 12.2 Å². The van der Waals surface area contributed by atoms with E-state index >= 15 is 0 Å². The molecule has 0 aromatic carbocycles. The van der Waals surface area contributed by atoms with Crippen LogP contribution in [-0.4, -0.2) is 50.5 Å². The summed E-state index contributed by atoms with van der Waals surface area (Å²) < 4.78 is 12.6. The minimum Gasteiger partial charge on any atom is -0.374 e. The van der Waals surface area contributed by atoms with Gasteiger partial charge in [-0.2, -0.15) is 0 Å². The van der Waals surface area contributed by atoms with Crippen LogP contribution < -0.4 is 0 Å². The summed E-state index contributed by atoms with van der Waals surface area (Å²) in [6, 6.07) is 0. The van der Waals surface area contributed by atoms with Crippen LogP contribution in [0.1, 0.15) is 130 Å². The van der Waals surface area contributed by atoms with Gasteiger partial charge in [0.2, 0.25) is 0 Å². The zero-order valence-electron chi connectivity index (χ0n) is 25.0. The van der Waals surface area contributed by atoms with Gasteiger partial charge in [0.1, 0.15) is 0 Å². The Balaban J connectivity index is 1.97. The second kappa shape index (κ2) is 23.5. The van der Waals surface area contributed by atoms with Crippen LogP contribution in [0.25, 0.3) is 0 Å². The third-order valence-corrected chi connectivity index (χ3v) is 7.50. The molecule has 0 spiro atoms. The van der Waals surface area contributed by atoms with Crippen LogP contribution in [0.15, 0.2) is 24.3 Å². The Morgan fingerprint density at radius 3 is 1.89 bits per heavy atom. The molecule has 0 radical (unpaired) electrons. The average Bonchev–Trinajstić information content (AvgIpc) is 3.19. The van der Waals surface area contributed by atoms with Crippen LogP contribution in [-0.2, 0) is 9.47 Å². The molecule has 1 heterocycles. The summed E-state index contributed by atoms with van der Waals surface area (Å²) >= 11 is 0. The van der Waals surface area contributed by atoms with E-state index in [1.54, 1.807) is 0 Å². The van der Waals surface area contributed by atoms with Gasteiger partial charge in [0.25, 0.3) is 0 Å². The highest BCUT2D eigenvalue weighted by Crippen LogP contribution is 2.19. The first-order valence-corrected chi connectivity index (χ1v) is 15.7. The van der Waals surface area contributed by atoms with Crippen LogP contribution in [0.4, 0.5) is 0 Å². The lowest BCUT2D eigenvalue weighted by atomic mass is 9.98. The van der Waals surface area contributed by atoms with Gasteiger partial charge in [0.15, 0.2) is 0 Å². The zero-order valence-corrected chi connectivity index (χ0v) is 25.0. The minimum atomic E-state index is 0.252. The summed E-state index contributed by atoms with van der Waals surface area (Å²) in [6.45, 7) is 13.1. The first-order valence-electron chi connectivity index (χ1n) is 15.7. The Hall–Kier alpha value is -0.640. The number of hydrogen-bond donors (Lipinski definition) is 0. The van der Waals surface area contributed by atoms with Gasteiger partial charge in [-0.1, -0.05) is 110 Å². The van der Waals surface area contributed by atoms with Crippen molar-refractivity contribution in [1.82, 2.24) is 4.90 Å². The normalized spacial score (nSPS) is 19.9. The molecule has 1 rings (SSSR count). The Morgan fingerprint density at radius 2 is 1.25 bits per heavy atom. The number of likely N-dealkylation sites (tertiary alicyclic amines) is 1. The molecule has 36 heavy (non-hydrogen) atoms. The molecule has 0 N–H and O–H groups in total. The highest BCUT2D eigenvalue weighted by molar-refractivity contribution is 4.92. The molecule has 0 amide bonds. The predicted molar refractivity (Wildman–Crippen MR) is 159 cm³/mol. The SMILES string of the molecule is CCCCCC=CCC=CCCCCCCCCO[C@@H]1CN(C)C[C@H]1OCCC(C)CCCC(C)C. The monoisotopic (exact) mass is 505 g/mol. The summed E-state index contributed by atoms with van der Waals surface area (Å²) in [7, 11) is 2.19. The maximum absolute atomic E-state index is 6.29. The first kappa shape index (κ1) is 33.4. The summed E-state index contributed by atoms with van der Waals surface area (Å²) in [5.74, 6) is 1.59. The summed E-state index contributed by atoms with van der Waals surface area (Å²) in [4.78, 5) is 2.36. The van der Waals surface area contributed by atoms with Gasteiger partial charge in [-0.25, -0.2) is 0 Å². The van der Waals surface area contributed by atoms with Crippen LogP contribution in [0.3, 0.4) is 0 Å². The van der Waals surface area contributed by atoms with E-state index in [-0.39, 0.29) is 12.2 Å². The molecule has 0 bridgehead atoms. The van der Waals surface area contributed by atoms with Crippen molar-refractivity contribution in [1.29, 1.82) is 0 Å². The van der Waals surface area contributed by atoms with Gasteiger partial charge in [-0.3, -0.25) is 0 Å². The van der Waals surface area contributed by atoms with Gasteiger partial charge >= 0.3 is 0 Å². The molecular formula is C33H63NO2. The fraction of sp³-hybridized carbons (Fsp3) is 0.879. The van der Waals surface area contributed by atoms with E-state index in [1.807, 2.05) is 0 Å². The van der Waals surface area contributed by atoms with E-state index in [1.165, 1.54) is 96.3 Å². The Bertz CT molecular complexity index is 530. The van der Waals surface area contributed by atoms with E-state index in [9.17, 15) is 0 Å². The highest BCUT2D eigenvalue weighted by atomic mass is 16.5. The Kier molecular flexibility index (Phi) is 21.8. The third kappa shape index (κ3) is 19.5. The minimum absolute atomic E-state index is 0.252. The number of nitrogens with zero attached hydrogens (tertiary/aromatic N) is 1. The van der Waals surface area contributed by atoms with Crippen molar-refractivity contribution in [3.63, 3.8) is 0 Å². The van der Waals surface area contributed by atoms with E-state index in [0.29, 0.717) is 0 Å². The standard InChI is InChI=1S/C33H63NO2/c1-6-7-8-9-10-11-12-13-14-15-16-17-18-19-20-21-26-35-32-28-34(5)29-33(32)36-27-25-31(4)24-22-23-30(2)3/h10-11,13-14,30-33H,6-9,12,15-29H2,1-5H3/t31?,32-,33-/m1/s1. The second-order valence-electron chi connectivity index (χ2n) is 11.8. The molecule has 212 valence electrons. The van der Waals surface area contributed by atoms with Gasteiger partial charge in [-0.05, 0) is 63.8 Å². The molecule has 0 aromatic rings. The van der Waals surface area contributed by atoms with Crippen molar-refractivity contribution >= 4 is 0 Å². The van der Waals surface area contributed by atoms with Crippen molar-refractivity contribution in [2.75, 3.05) is 33.4 Å². The molecule has 0 aromatic heterocycles. The number of allylic oxidation sites excluding steroid dienone is 4. The summed E-state index contributed by atoms with van der Waals surface area (Å²) in [6.07, 6.45) is 30.6. The third-order valence-electron chi connectivity index (χ3n) is 7.50. The lowest BCUT2D eigenvalue weighted by Crippen LogP contribution is -2.31. The number of rotatable bonds is 24. The van der Waals surface area contributed by atoms with Gasteiger partial charge in [-0.15, -0.1) is 0 Å². The fourth-order valence-electron chi connectivity index (χ4n) is 5.01. The Labute approximate surface area is 226 Å². The highest BCUT2D eigenvalue weighted by Gasteiger charge is 2.32. The predicted octanol–water partition coefficient (Wildman–Crippen LogP) is 9.37. The molecule has 3 nitrogen and oxygen atoms in total. The maximum Gasteiger partial charge on any atom is 0.0975 e. The second-order valence-corrected chi connectivity index (χ2v) is 11.8. The molecule has 0 aliphatic carbocycles.